The minimum Gasteiger partial charge on any atom is -0.352 e. The highest BCUT2D eigenvalue weighted by Crippen LogP contribution is 2.27. The van der Waals surface area contributed by atoms with Crippen molar-refractivity contribution in [2.45, 2.75) is 90.2 Å². The molecule has 0 bridgehead atoms. The van der Waals surface area contributed by atoms with Crippen LogP contribution in [0.5, 0.6) is 0 Å². The van der Waals surface area contributed by atoms with Crippen LogP contribution in [0.25, 0.3) is 0 Å². The summed E-state index contributed by atoms with van der Waals surface area (Å²) in [7, 11) is -4.09. The molecule has 1 aliphatic rings. The minimum absolute atomic E-state index is 0.0959. The van der Waals surface area contributed by atoms with E-state index in [-0.39, 0.29) is 23.4 Å². The monoisotopic (exact) mass is 589 g/mol. The summed E-state index contributed by atoms with van der Waals surface area (Å²) in [4.78, 5) is 29.3. The van der Waals surface area contributed by atoms with E-state index in [0.29, 0.717) is 5.69 Å². The number of anilines is 1. The van der Waals surface area contributed by atoms with E-state index in [1.54, 1.807) is 43.3 Å². The fourth-order valence-electron chi connectivity index (χ4n) is 5.41. The van der Waals surface area contributed by atoms with Gasteiger partial charge in [-0.2, -0.15) is 0 Å². The average Bonchev–Trinajstić information content (AvgIpc) is 2.96. The van der Waals surface area contributed by atoms with Crippen LogP contribution in [0.2, 0.25) is 0 Å². The largest absolute Gasteiger partial charge is 0.352 e. The molecule has 42 heavy (non-hydrogen) atoms. The number of sulfonamides is 1. The summed E-state index contributed by atoms with van der Waals surface area (Å²) in [5, 5.41) is 3.15. The van der Waals surface area contributed by atoms with E-state index in [2.05, 4.69) is 5.32 Å². The molecule has 0 aliphatic heterocycles. The lowest BCUT2D eigenvalue weighted by atomic mass is 9.95. The second kappa shape index (κ2) is 13.6. The number of aryl methyl sites for hydroxylation is 4. The van der Waals surface area contributed by atoms with E-state index >= 15 is 0 Å². The number of rotatable bonds is 10. The molecule has 1 fully saturated rings. The van der Waals surface area contributed by atoms with Crippen LogP contribution < -0.4 is 9.62 Å². The van der Waals surface area contributed by atoms with Crippen LogP contribution in [0.4, 0.5) is 5.69 Å². The maximum Gasteiger partial charge on any atom is 0.264 e. The van der Waals surface area contributed by atoms with Crippen molar-refractivity contribution in [1.29, 1.82) is 0 Å². The molecule has 0 spiro atoms. The van der Waals surface area contributed by atoms with Crippen LogP contribution in [0.3, 0.4) is 0 Å². The van der Waals surface area contributed by atoms with Crippen molar-refractivity contribution in [2.75, 3.05) is 10.8 Å². The third-order valence-corrected chi connectivity index (χ3v) is 10.0. The second-order valence-corrected chi connectivity index (χ2v) is 13.5. The number of hydrogen-bond acceptors (Lipinski definition) is 4. The Labute approximate surface area is 251 Å². The Bertz CT molecular complexity index is 1510. The van der Waals surface area contributed by atoms with E-state index in [4.69, 9.17) is 0 Å². The van der Waals surface area contributed by atoms with Crippen LogP contribution >= 0.6 is 0 Å². The molecule has 8 heteroatoms. The predicted molar refractivity (Wildman–Crippen MR) is 168 cm³/mol. The van der Waals surface area contributed by atoms with Gasteiger partial charge >= 0.3 is 0 Å². The van der Waals surface area contributed by atoms with Gasteiger partial charge in [0.2, 0.25) is 11.8 Å². The predicted octanol–water partition coefficient (Wildman–Crippen LogP) is 5.98. The molecule has 224 valence electrons. The lowest BCUT2D eigenvalue weighted by Gasteiger charge is -2.33. The molecule has 0 heterocycles. The topological polar surface area (TPSA) is 86.8 Å². The van der Waals surface area contributed by atoms with Gasteiger partial charge in [0, 0.05) is 12.6 Å². The van der Waals surface area contributed by atoms with Gasteiger partial charge in [-0.05, 0) is 88.4 Å². The molecular formula is C34H43N3O4S. The van der Waals surface area contributed by atoms with Crippen LogP contribution in [0, 0.1) is 27.7 Å². The van der Waals surface area contributed by atoms with Crippen LogP contribution in [-0.2, 0) is 26.2 Å². The molecule has 0 saturated heterocycles. The van der Waals surface area contributed by atoms with Crippen molar-refractivity contribution >= 4 is 27.5 Å². The van der Waals surface area contributed by atoms with Gasteiger partial charge in [-0.25, -0.2) is 8.42 Å². The van der Waals surface area contributed by atoms with E-state index in [1.807, 2.05) is 58.0 Å². The van der Waals surface area contributed by atoms with E-state index in [0.717, 1.165) is 53.5 Å². The fourth-order valence-corrected chi connectivity index (χ4v) is 6.81. The van der Waals surface area contributed by atoms with Crippen molar-refractivity contribution < 1.29 is 18.0 Å². The summed E-state index contributed by atoms with van der Waals surface area (Å²) in [6.07, 6.45) is 5.18. The second-order valence-electron chi connectivity index (χ2n) is 11.6. The van der Waals surface area contributed by atoms with Crippen molar-refractivity contribution in [2.24, 2.45) is 0 Å². The first-order chi connectivity index (χ1) is 20.0. The van der Waals surface area contributed by atoms with Crippen LogP contribution in [0.15, 0.2) is 71.6 Å². The van der Waals surface area contributed by atoms with Crippen LogP contribution in [0.1, 0.15) is 66.8 Å². The Balaban J connectivity index is 1.69. The first kappa shape index (κ1) is 31.3. The SMILES string of the molecule is Cc1ccc(S(=O)(=O)N(CC(=O)N(Cc2cccc(C)c2)[C@H](C)C(=O)NC2CCCCC2)c2ccc(C)c(C)c2)cc1. The lowest BCUT2D eigenvalue weighted by molar-refractivity contribution is -0.139. The van der Waals surface area contributed by atoms with Gasteiger partial charge < -0.3 is 10.2 Å². The number of nitrogens with zero attached hydrogens (tertiary/aromatic N) is 2. The normalized spacial score (nSPS) is 14.7. The third-order valence-electron chi connectivity index (χ3n) is 8.22. The van der Waals surface area contributed by atoms with Gasteiger partial charge in [0.25, 0.3) is 10.0 Å². The molecule has 7 nitrogen and oxygen atoms in total. The molecule has 3 aromatic rings. The maximum absolute atomic E-state index is 14.2. The van der Waals surface area contributed by atoms with Crippen molar-refractivity contribution in [3.63, 3.8) is 0 Å². The fraction of sp³-hybridized carbons (Fsp3) is 0.412. The van der Waals surface area contributed by atoms with Crippen molar-refractivity contribution in [1.82, 2.24) is 10.2 Å². The summed E-state index contributed by atoms with van der Waals surface area (Å²) < 4.78 is 29.3. The van der Waals surface area contributed by atoms with E-state index < -0.39 is 28.5 Å². The standard InChI is InChI=1S/C34H43N3O4S/c1-24-14-18-32(19-15-24)42(40,41)37(31-17-16-26(3)27(4)21-31)23-33(38)36(22-29-11-9-10-25(2)20-29)28(5)34(39)35-30-12-7-6-8-13-30/h9-11,14-21,28,30H,6-8,12-13,22-23H2,1-5H3,(H,35,39)/t28-/m1/s1. The van der Waals surface area contributed by atoms with E-state index in [1.165, 1.54) is 15.6 Å². The molecule has 0 aromatic heterocycles. The highest BCUT2D eigenvalue weighted by Gasteiger charge is 2.33. The van der Waals surface area contributed by atoms with Gasteiger partial charge in [0.15, 0.2) is 0 Å². The summed E-state index contributed by atoms with van der Waals surface area (Å²) in [5.74, 6) is -0.668. The number of carbonyl (C=O) groups excluding carboxylic acids is 2. The zero-order valence-electron chi connectivity index (χ0n) is 25.4. The molecule has 1 saturated carbocycles. The number of amides is 2. The quantitative estimate of drug-likeness (QED) is 0.315. The Morgan fingerprint density at radius 1 is 0.857 bits per heavy atom. The molecule has 2 amide bonds. The van der Waals surface area contributed by atoms with Gasteiger partial charge in [-0.3, -0.25) is 13.9 Å². The molecule has 4 rings (SSSR count). The van der Waals surface area contributed by atoms with Crippen molar-refractivity contribution in [3.05, 3.63) is 94.5 Å². The first-order valence-electron chi connectivity index (χ1n) is 14.8. The molecule has 0 unspecified atom stereocenters. The smallest absolute Gasteiger partial charge is 0.264 e. The highest BCUT2D eigenvalue weighted by molar-refractivity contribution is 7.92. The summed E-state index contributed by atoms with van der Waals surface area (Å²) in [6, 6.07) is 19.1. The maximum atomic E-state index is 14.2. The van der Waals surface area contributed by atoms with E-state index in [9.17, 15) is 18.0 Å². The Kier molecular flexibility index (Phi) is 10.1. The Morgan fingerprint density at radius 3 is 2.19 bits per heavy atom. The third kappa shape index (κ3) is 7.59. The molecular weight excluding hydrogens is 546 g/mol. The Morgan fingerprint density at radius 2 is 1.55 bits per heavy atom. The first-order valence-corrected chi connectivity index (χ1v) is 16.2. The number of benzene rings is 3. The molecule has 3 aromatic carbocycles. The Hall–Kier alpha value is -3.65. The van der Waals surface area contributed by atoms with Gasteiger partial charge in [-0.1, -0.05) is 72.9 Å². The zero-order chi connectivity index (χ0) is 30.4. The molecule has 0 radical (unpaired) electrons. The lowest BCUT2D eigenvalue weighted by Crippen LogP contribution is -2.53. The molecule has 1 N–H and O–H groups in total. The zero-order valence-corrected chi connectivity index (χ0v) is 26.2. The number of carbonyl (C=O) groups is 2. The van der Waals surface area contributed by atoms with Crippen LogP contribution in [-0.4, -0.2) is 43.8 Å². The summed E-state index contributed by atoms with van der Waals surface area (Å²) >= 11 is 0. The van der Waals surface area contributed by atoms with Gasteiger partial charge in [0.1, 0.15) is 12.6 Å². The highest BCUT2D eigenvalue weighted by atomic mass is 32.2. The minimum atomic E-state index is -4.09. The molecule has 1 atom stereocenters. The van der Waals surface area contributed by atoms with Crippen molar-refractivity contribution in [3.8, 4) is 0 Å². The number of nitrogens with one attached hydrogen (secondary N) is 1. The van der Waals surface area contributed by atoms with Gasteiger partial charge in [-0.15, -0.1) is 0 Å². The van der Waals surface area contributed by atoms with Gasteiger partial charge in [0.05, 0.1) is 10.6 Å². The number of hydrogen-bond donors (Lipinski definition) is 1. The average molecular weight is 590 g/mol. The summed E-state index contributed by atoms with van der Waals surface area (Å²) in [6.45, 7) is 9.21. The molecule has 1 aliphatic carbocycles. The summed E-state index contributed by atoms with van der Waals surface area (Å²) in [5.41, 5.74) is 5.19.